The Bertz CT molecular complexity index is 510. The van der Waals surface area contributed by atoms with Crippen LogP contribution in [-0.4, -0.2) is 6.73 Å². The van der Waals surface area contributed by atoms with Gasteiger partial charge in [-0.25, -0.2) is 4.39 Å². The molecule has 0 bridgehead atoms. The number of anilines is 2. The first-order valence-corrected chi connectivity index (χ1v) is 5.09. The van der Waals surface area contributed by atoms with E-state index in [0.29, 0.717) is 6.73 Å². The number of hydrogen-bond acceptors (Lipinski definition) is 2. The van der Waals surface area contributed by atoms with Gasteiger partial charge in [0.2, 0.25) is 0 Å². The summed E-state index contributed by atoms with van der Waals surface area (Å²) in [4.78, 5) is 2.01. The van der Waals surface area contributed by atoms with Crippen molar-refractivity contribution in [2.24, 2.45) is 0 Å². The van der Waals surface area contributed by atoms with Crippen LogP contribution in [0.5, 0.6) is 5.75 Å². The molecule has 0 fully saturated rings. The summed E-state index contributed by atoms with van der Waals surface area (Å²) in [5.41, 5.74) is 1.96. The monoisotopic (exact) mass is 215 g/mol. The molecule has 0 unspecified atom stereocenters. The molecular formula is C13H10FNO. The zero-order chi connectivity index (χ0) is 11.0. The average molecular weight is 215 g/mol. The van der Waals surface area contributed by atoms with E-state index in [0.717, 1.165) is 17.1 Å². The van der Waals surface area contributed by atoms with Crippen molar-refractivity contribution in [1.29, 1.82) is 0 Å². The van der Waals surface area contributed by atoms with Crippen LogP contribution in [0.3, 0.4) is 0 Å². The van der Waals surface area contributed by atoms with Gasteiger partial charge >= 0.3 is 0 Å². The summed E-state index contributed by atoms with van der Waals surface area (Å²) in [6.45, 7) is 0.477. The maximum absolute atomic E-state index is 12.8. The smallest absolute Gasteiger partial charge is 0.165 e. The second-order valence-corrected chi connectivity index (χ2v) is 3.65. The number of halogens is 1. The van der Waals surface area contributed by atoms with Crippen molar-refractivity contribution in [3.05, 3.63) is 54.3 Å². The minimum atomic E-state index is -0.225. The summed E-state index contributed by atoms with van der Waals surface area (Å²) in [7, 11) is 0. The lowest BCUT2D eigenvalue weighted by Crippen LogP contribution is -2.15. The van der Waals surface area contributed by atoms with Gasteiger partial charge in [0.05, 0.1) is 5.69 Å². The van der Waals surface area contributed by atoms with Crippen molar-refractivity contribution < 1.29 is 9.13 Å². The fraction of sp³-hybridized carbons (Fsp3) is 0.0769. The van der Waals surface area contributed by atoms with Gasteiger partial charge in [0, 0.05) is 5.69 Å². The van der Waals surface area contributed by atoms with E-state index in [1.807, 2.05) is 29.2 Å². The van der Waals surface area contributed by atoms with Crippen LogP contribution >= 0.6 is 0 Å². The molecule has 16 heavy (non-hydrogen) atoms. The van der Waals surface area contributed by atoms with E-state index in [1.54, 1.807) is 12.1 Å². The van der Waals surface area contributed by atoms with Crippen molar-refractivity contribution in [2.45, 2.75) is 0 Å². The molecule has 1 aliphatic rings. The Morgan fingerprint density at radius 2 is 1.75 bits per heavy atom. The first-order chi connectivity index (χ1) is 7.84. The van der Waals surface area contributed by atoms with Gasteiger partial charge in [-0.2, -0.15) is 0 Å². The predicted molar refractivity (Wildman–Crippen MR) is 60.5 cm³/mol. The number of rotatable bonds is 1. The van der Waals surface area contributed by atoms with Gasteiger partial charge in [0.15, 0.2) is 6.73 Å². The molecule has 0 aromatic heterocycles. The summed E-state index contributed by atoms with van der Waals surface area (Å²) in [6, 6.07) is 14.2. The number of hydrogen-bond donors (Lipinski definition) is 0. The van der Waals surface area contributed by atoms with Gasteiger partial charge in [0.1, 0.15) is 11.6 Å². The highest BCUT2D eigenvalue weighted by Crippen LogP contribution is 2.38. The molecule has 0 amide bonds. The summed E-state index contributed by atoms with van der Waals surface area (Å²) in [5, 5.41) is 0. The molecule has 0 spiro atoms. The molecular weight excluding hydrogens is 205 g/mol. The van der Waals surface area contributed by atoms with Gasteiger partial charge in [-0.15, -0.1) is 0 Å². The first-order valence-electron chi connectivity index (χ1n) is 5.09. The lowest BCUT2D eigenvalue weighted by molar-refractivity contribution is 0.357. The van der Waals surface area contributed by atoms with Crippen LogP contribution in [0.25, 0.3) is 0 Å². The largest absolute Gasteiger partial charge is 0.471 e. The molecule has 2 nitrogen and oxygen atoms in total. The van der Waals surface area contributed by atoms with Crippen LogP contribution in [0.15, 0.2) is 48.5 Å². The third kappa shape index (κ3) is 1.41. The van der Waals surface area contributed by atoms with Crippen LogP contribution in [0.2, 0.25) is 0 Å². The van der Waals surface area contributed by atoms with E-state index in [1.165, 1.54) is 12.1 Å². The fourth-order valence-corrected chi connectivity index (χ4v) is 1.84. The van der Waals surface area contributed by atoms with Crippen molar-refractivity contribution >= 4 is 11.4 Å². The van der Waals surface area contributed by atoms with Gasteiger partial charge in [-0.1, -0.05) is 12.1 Å². The first kappa shape index (κ1) is 9.21. The molecule has 0 radical (unpaired) electrons. The van der Waals surface area contributed by atoms with Crippen molar-refractivity contribution in [2.75, 3.05) is 11.6 Å². The molecule has 0 N–H and O–H groups in total. The molecule has 1 aliphatic heterocycles. The number of benzene rings is 2. The topological polar surface area (TPSA) is 12.5 Å². The highest BCUT2D eigenvalue weighted by Gasteiger charge is 2.20. The Labute approximate surface area is 92.9 Å². The zero-order valence-electron chi connectivity index (χ0n) is 8.56. The number of fused-ring (bicyclic) bond motifs is 1. The van der Waals surface area contributed by atoms with Crippen LogP contribution < -0.4 is 9.64 Å². The third-order valence-electron chi connectivity index (χ3n) is 2.64. The number of ether oxygens (including phenoxy) is 1. The molecule has 0 saturated heterocycles. The van der Waals surface area contributed by atoms with Gasteiger partial charge in [-0.3, -0.25) is 0 Å². The van der Waals surface area contributed by atoms with E-state index >= 15 is 0 Å². The van der Waals surface area contributed by atoms with E-state index in [2.05, 4.69) is 0 Å². The van der Waals surface area contributed by atoms with Gasteiger partial charge in [0.25, 0.3) is 0 Å². The second kappa shape index (κ2) is 3.52. The van der Waals surface area contributed by atoms with E-state index in [9.17, 15) is 4.39 Å². The second-order valence-electron chi connectivity index (χ2n) is 3.65. The number of para-hydroxylation sites is 2. The molecule has 1 heterocycles. The van der Waals surface area contributed by atoms with E-state index in [4.69, 9.17) is 4.74 Å². The Kier molecular flexibility index (Phi) is 2.03. The number of nitrogens with zero attached hydrogens (tertiary/aromatic N) is 1. The SMILES string of the molecule is Fc1ccc(N2COc3ccccc32)cc1. The fourth-order valence-electron chi connectivity index (χ4n) is 1.84. The molecule has 0 atom stereocenters. The van der Waals surface area contributed by atoms with Crippen molar-refractivity contribution in [3.8, 4) is 5.75 Å². The van der Waals surface area contributed by atoms with Crippen molar-refractivity contribution in [3.63, 3.8) is 0 Å². The molecule has 3 rings (SSSR count). The average Bonchev–Trinajstić information content (AvgIpc) is 2.74. The van der Waals surface area contributed by atoms with Gasteiger partial charge < -0.3 is 9.64 Å². The van der Waals surface area contributed by atoms with Crippen LogP contribution in [-0.2, 0) is 0 Å². The van der Waals surface area contributed by atoms with Crippen LogP contribution in [0.1, 0.15) is 0 Å². The van der Waals surface area contributed by atoms with Crippen LogP contribution in [0.4, 0.5) is 15.8 Å². The van der Waals surface area contributed by atoms with Crippen molar-refractivity contribution in [1.82, 2.24) is 0 Å². The summed E-state index contributed by atoms with van der Waals surface area (Å²) < 4.78 is 18.3. The third-order valence-corrected chi connectivity index (χ3v) is 2.64. The highest BCUT2D eigenvalue weighted by molar-refractivity contribution is 5.71. The standard InChI is InChI=1S/C13H10FNO/c14-10-5-7-11(8-6-10)15-9-16-13-4-2-1-3-12(13)15/h1-8H,9H2. The Morgan fingerprint density at radius 3 is 2.56 bits per heavy atom. The molecule has 2 aromatic rings. The maximum Gasteiger partial charge on any atom is 0.165 e. The molecule has 3 heteroatoms. The molecule has 80 valence electrons. The minimum absolute atomic E-state index is 0.225. The lowest BCUT2D eigenvalue weighted by Gasteiger charge is -2.16. The zero-order valence-corrected chi connectivity index (χ0v) is 8.56. The van der Waals surface area contributed by atoms with Crippen LogP contribution in [0, 0.1) is 5.82 Å². The summed E-state index contributed by atoms with van der Waals surface area (Å²) >= 11 is 0. The molecule has 2 aromatic carbocycles. The quantitative estimate of drug-likeness (QED) is 0.723. The highest BCUT2D eigenvalue weighted by atomic mass is 19.1. The van der Waals surface area contributed by atoms with Gasteiger partial charge in [-0.05, 0) is 36.4 Å². The van der Waals surface area contributed by atoms with E-state index in [-0.39, 0.29) is 5.82 Å². The maximum atomic E-state index is 12.8. The lowest BCUT2D eigenvalue weighted by atomic mass is 10.2. The Balaban J connectivity index is 2.01. The summed E-state index contributed by atoms with van der Waals surface area (Å²) in [5.74, 6) is 0.643. The Morgan fingerprint density at radius 1 is 1.00 bits per heavy atom. The Hall–Kier alpha value is -2.03. The van der Waals surface area contributed by atoms with E-state index < -0.39 is 0 Å². The molecule has 0 saturated carbocycles. The minimum Gasteiger partial charge on any atom is -0.471 e. The predicted octanol–water partition coefficient (Wildman–Crippen LogP) is 3.31. The normalized spacial score (nSPS) is 13.4. The molecule has 0 aliphatic carbocycles. The summed E-state index contributed by atoms with van der Waals surface area (Å²) in [6.07, 6.45) is 0.